The molecule has 0 unspecified atom stereocenters. The van der Waals surface area contributed by atoms with Gasteiger partial charge in [0.15, 0.2) is 0 Å². The van der Waals surface area contributed by atoms with E-state index in [0.717, 1.165) is 0 Å². The molecule has 0 aromatic heterocycles. The van der Waals surface area contributed by atoms with Gasteiger partial charge in [-0.05, 0) is 78.2 Å². The Kier molecular flexibility index (Phi) is 5.57. The van der Waals surface area contributed by atoms with Gasteiger partial charge in [-0.15, -0.1) is 0 Å². The number of benzene rings is 7. The zero-order valence-electron chi connectivity index (χ0n) is 21.0. The molecule has 0 aliphatic rings. The van der Waals surface area contributed by atoms with Crippen LogP contribution in [0.3, 0.4) is 0 Å². The lowest BCUT2D eigenvalue weighted by Crippen LogP contribution is -1.97. The van der Waals surface area contributed by atoms with E-state index in [4.69, 9.17) is 0 Å². The van der Waals surface area contributed by atoms with Crippen LogP contribution >= 0.6 is 0 Å². The summed E-state index contributed by atoms with van der Waals surface area (Å²) in [7, 11) is 0. The molecule has 0 aliphatic carbocycles. The van der Waals surface area contributed by atoms with Gasteiger partial charge in [0.25, 0.3) is 0 Å². The lowest BCUT2D eigenvalue weighted by molar-refractivity contribution is 1.57. The summed E-state index contributed by atoms with van der Waals surface area (Å²) in [5.74, 6) is 0. The van der Waals surface area contributed by atoms with Gasteiger partial charge in [0.2, 0.25) is 0 Å². The van der Waals surface area contributed by atoms with Crippen LogP contribution in [0.1, 0.15) is 0 Å². The molecule has 7 aromatic rings. The molecule has 0 heterocycles. The predicted octanol–water partition coefficient (Wildman–Crippen LogP) is 10.7. The molecule has 0 fully saturated rings. The lowest BCUT2D eigenvalue weighted by Gasteiger charge is -2.24. The van der Waals surface area contributed by atoms with E-state index in [9.17, 15) is 0 Å². The third kappa shape index (κ3) is 3.79. The van der Waals surface area contributed by atoms with E-state index in [1.54, 1.807) is 0 Å². The maximum Gasteiger partial charge on any atom is -0.00141 e. The van der Waals surface area contributed by atoms with Crippen LogP contribution in [-0.4, -0.2) is 0 Å². The lowest BCUT2D eigenvalue weighted by atomic mass is 9.78. The standard InChI is InChI=1S/C38H26/c1-5-15-27(16-6-1)35-33-25-31-23-13-14-24-32(31)26-34(33)36(28-17-7-2-8-18-28)38(30-21-11-4-12-22-30)37(35)29-19-9-3-10-20-29/h1-26H. The third-order valence-electron chi connectivity index (χ3n) is 7.42. The summed E-state index contributed by atoms with van der Waals surface area (Å²) in [4.78, 5) is 0. The van der Waals surface area contributed by atoms with Gasteiger partial charge in [0, 0.05) is 0 Å². The number of rotatable bonds is 4. The van der Waals surface area contributed by atoms with Crippen molar-refractivity contribution in [3.63, 3.8) is 0 Å². The third-order valence-corrected chi connectivity index (χ3v) is 7.42. The average molecular weight is 483 g/mol. The smallest absolute Gasteiger partial charge is 0.00141 e. The first-order valence-corrected chi connectivity index (χ1v) is 13.1. The molecule has 38 heavy (non-hydrogen) atoms. The van der Waals surface area contributed by atoms with Crippen LogP contribution in [0.5, 0.6) is 0 Å². The van der Waals surface area contributed by atoms with Crippen molar-refractivity contribution in [2.75, 3.05) is 0 Å². The SMILES string of the molecule is c1ccc(-c2c(-c3ccccc3)c(-c3ccccc3)c3cc4ccccc4cc3c2-c2ccccc2)cc1. The van der Waals surface area contributed by atoms with Gasteiger partial charge in [-0.25, -0.2) is 0 Å². The molecule has 0 bridgehead atoms. The summed E-state index contributed by atoms with van der Waals surface area (Å²) >= 11 is 0. The fourth-order valence-corrected chi connectivity index (χ4v) is 5.77. The molecule has 0 nitrogen and oxygen atoms in total. The Morgan fingerprint density at radius 2 is 0.500 bits per heavy atom. The van der Waals surface area contributed by atoms with Crippen molar-refractivity contribution < 1.29 is 0 Å². The van der Waals surface area contributed by atoms with Gasteiger partial charge in [-0.3, -0.25) is 0 Å². The van der Waals surface area contributed by atoms with Gasteiger partial charge >= 0.3 is 0 Å². The van der Waals surface area contributed by atoms with Crippen LogP contribution in [0, 0.1) is 0 Å². The molecular formula is C38H26. The minimum Gasteiger partial charge on any atom is -0.0622 e. The molecular weight excluding hydrogens is 456 g/mol. The highest BCUT2D eigenvalue weighted by atomic mass is 14.3. The second-order valence-electron chi connectivity index (χ2n) is 9.71. The van der Waals surface area contributed by atoms with Crippen LogP contribution in [0.4, 0.5) is 0 Å². The fourth-order valence-electron chi connectivity index (χ4n) is 5.77. The highest BCUT2D eigenvalue weighted by Gasteiger charge is 2.24. The van der Waals surface area contributed by atoms with Crippen molar-refractivity contribution in [3.05, 3.63) is 158 Å². The van der Waals surface area contributed by atoms with Crippen molar-refractivity contribution >= 4 is 21.5 Å². The second kappa shape index (κ2) is 9.50. The Labute approximate surface area is 223 Å². The molecule has 0 atom stereocenters. The van der Waals surface area contributed by atoms with E-state index in [1.165, 1.54) is 66.1 Å². The topological polar surface area (TPSA) is 0 Å². The van der Waals surface area contributed by atoms with Crippen LogP contribution in [0.25, 0.3) is 66.1 Å². The Morgan fingerprint density at radius 1 is 0.237 bits per heavy atom. The van der Waals surface area contributed by atoms with Gasteiger partial charge < -0.3 is 0 Å². The Balaban J connectivity index is 1.79. The second-order valence-corrected chi connectivity index (χ2v) is 9.71. The fraction of sp³-hybridized carbons (Fsp3) is 0. The summed E-state index contributed by atoms with van der Waals surface area (Å²) in [6.07, 6.45) is 0. The minimum atomic E-state index is 1.22. The first-order chi connectivity index (χ1) is 18.9. The number of hydrogen-bond acceptors (Lipinski definition) is 0. The Morgan fingerprint density at radius 3 is 0.816 bits per heavy atom. The van der Waals surface area contributed by atoms with Crippen molar-refractivity contribution in [2.24, 2.45) is 0 Å². The summed E-state index contributed by atoms with van der Waals surface area (Å²) in [5, 5.41) is 5.05. The highest BCUT2D eigenvalue weighted by Crippen LogP contribution is 2.51. The first-order valence-electron chi connectivity index (χ1n) is 13.1. The number of fused-ring (bicyclic) bond motifs is 2. The number of hydrogen-bond donors (Lipinski definition) is 0. The van der Waals surface area contributed by atoms with E-state index in [2.05, 4.69) is 158 Å². The zero-order chi connectivity index (χ0) is 25.3. The molecule has 0 saturated carbocycles. The minimum absolute atomic E-state index is 1.22. The first kappa shape index (κ1) is 22.3. The molecule has 178 valence electrons. The van der Waals surface area contributed by atoms with Gasteiger partial charge in [0.05, 0.1) is 0 Å². The van der Waals surface area contributed by atoms with Crippen molar-refractivity contribution in [1.29, 1.82) is 0 Å². The molecule has 0 heteroatoms. The molecule has 0 N–H and O–H groups in total. The van der Waals surface area contributed by atoms with Crippen molar-refractivity contribution in [2.45, 2.75) is 0 Å². The molecule has 7 rings (SSSR count). The molecule has 0 aliphatic heterocycles. The van der Waals surface area contributed by atoms with Gasteiger partial charge in [-0.1, -0.05) is 146 Å². The van der Waals surface area contributed by atoms with Crippen molar-refractivity contribution in [1.82, 2.24) is 0 Å². The average Bonchev–Trinajstić information content (AvgIpc) is 3.00. The van der Waals surface area contributed by atoms with Gasteiger partial charge in [0.1, 0.15) is 0 Å². The van der Waals surface area contributed by atoms with Crippen LogP contribution < -0.4 is 0 Å². The largest absolute Gasteiger partial charge is 0.0622 e. The summed E-state index contributed by atoms with van der Waals surface area (Å²) < 4.78 is 0. The predicted molar refractivity (Wildman–Crippen MR) is 163 cm³/mol. The molecule has 7 aromatic carbocycles. The quantitative estimate of drug-likeness (QED) is 0.219. The summed E-state index contributed by atoms with van der Waals surface area (Å²) in [6, 6.07) is 57.0. The highest BCUT2D eigenvalue weighted by molar-refractivity contribution is 6.20. The maximum absolute atomic E-state index is 2.39. The van der Waals surface area contributed by atoms with Crippen LogP contribution in [0.15, 0.2) is 158 Å². The molecule has 0 saturated heterocycles. The summed E-state index contributed by atoms with van der Waals surface area (Å²) in [5.41, 5.74) is 9.98. The normalized spacial score (nSPS) is 11.2. The monoisotopic (exact) mass is 482 g/mol. The van der Waals surface area contributed by atoms with E-state index in [0.29, 0.717) is 0 Å². The summed E-state index contributed by atoms with van der Waals surface area (Å²) in [6.45, 7) is 0. The van der Waals surface area contributed by atoms with Crippen LogP contribution in [-0.2, 0) is 0 Å². The molecule has 0 spiro atoms. The zero-order valence-corrected chi connectivity index (χ0v) is 21.0. The Hall–Kier alpha value is -4.94. The van der Waals surface area contributed by atoms with Crippen molar-refractivity contribution in [3.8, 4) is 44.5 Å². The Bertz CT molecular complexity index is 1730. The van der Waals surface area contributed by atoms with Gasteiger partial charge in [-0.2, -0.15) is 0 Å². The molecule has 0 radical (unpaired) electrons. The van der Waals surface area contributed by atoms with E-state index in [1.807, 2.05) is 0 Å². The van der Waals surface area contributed by atoms with E-state index >= 15 is 0 Å². The van der Waals surface area contributed by atoms with E-state index in [-0.39, 0.29) is 0 Å². The van der Waals surface area contributed by atoms with E-state index < -0.39 is 0 Å². The maximum atomic E-state index is 2.39. The molecule has 0 amide bonds. The van der Waals surface area contributed by atoms with Crippen LogP contribution in [0.2, 0.25) is 0 Å².